The van der Waals surface area contributed by atoms with Crippen molar-refractivity contribution in [3.8, 4) is 0 Å². The first-order valence-electron chi connectivity index (χ1n) is 47.5. The number of carbonyl (C=O) groups excluding carboxylic acids is 3. The standard InChI is InChI=1S/C99H174O16P2/c1-4-7-10-13-16-19-22-25-27-29-31-33-35-37-39-41-43-45-46-48-50-51-53-55-57-59-61-63-65-68-70-73-76-79-82-85-97(102)109-88-94(100)89-111-116(105,106)112-90-95(101)91-113-117(107,108)114-93-96(115-99(104)87-84-81-78-75-72-67-24-21-18-15-12-9-6-3)92-110-98(103)86-83-80-77-74-71-69-66-64-62-60-58-56-54-52-49-47-44-42-40-38-36-34-32-30-28-26-23-20-17-14-11-8-5-2/h7-8,10-11,16-17,19-21,24-28,31-34,37-40,94-96,100-101H,4-6,9,12-15,18,22-23,29-30,35-36,41-93H2,1-3H3,(H,105,106)(H,107,108)/b10-7-,11-8-,19-16-,20-17-,24-21-,27-25-,28-26-,33-31-,34-32-,39-37-,40-38-. The van der Waals surface area contributed by atoms with Gasteiger partial charge in [-0.3, -0.25) is 32.5 Å². The Kier molecular flexibility index (Phi) is 87.6. The fourth-order valence-corrected chi connectivity index (χ4v) is 14.8. The highest BCUT2D eigenvalue weighted by Crippen LogP contribution is 2.45. The molecule has 5 unspecified atom stereocenters. The van der Waals surface area contributed by atoms with Crippen LogP contribution in [0.1, 0.15) is 419 Å². The van der Waals surface area contributed by atoms with Crippen molar-refractivity contribution in [1.29, 1.82) is 0 Å². The van der Waals surface area contributed by atoms with Gasteiger partial charge in [-0.2, -0.15) is 0 Å². The van der Waals surface area contributed by atoms with Crippen molar-refractivity contribution in [2.24, 2.45) is 0 Å². The number of phosphoric acid groups is 2. The lowest BCUT2D eigenvalue weighted by Gasteiger charge is -2.21. The summed E-state index contributed by atoms with van der Waals surface area (Å²) in [6.07, 6.45) is 114. The molecular formula is C99H174O16P2. The Labute approximate surface area is 715 Å². The molecule has 18 heteroatoms. The summed E-state index contributed by atoms with van der Waals surface area (Å²) in [5, 5.41) is 20.7. The first-order valence-corrected chi connectivity index (χ1v) is 50.5. The zero-order valence-corrected chi connectivity index (χ0v) is 76.4. The van der Waals surface area contributed by atoms with Crippen LogP contribution in [0.25, 0.3) is 0 Å². The largest absolute Gasteiger partial charge is 0.472 e. The van der Waals surface area contributed by atoms with Gasteiger partial charge in [0.05, 0.1) is 26.4 Å². The van der Waals surface area contributed by atoms with Crippen LogP contribution in [0.4, 0.5) is 0 Å². The minimum atomic E-state index is -4.93. The maximum absolute atomic E-state index is 13.0. The lowest BCUT2D eigenvalue weighted by atomic mass is 10.0. The number of rotatable bonds is 90. The van der Waals surface area contributed by atoms with Gasteiger partial charge in [-0.1, -0.05) is 398 Å². The Hall–Kier alpha value is -4.31. The Morgan fingerprint density at radius 3 is 0.726 bits per heavy atom. The number of ether oxygens (including phenoxy) is 3. The van der Waals surface area contributed by atoms with Crippen LogP contribution >= 0.6 is 15.6 Å². The summed E-state index contributed by atoms with van der Waals surface area (Å²) in [6, 6.07) is 0. The highest BCUT2D eigenvalue weighted by Gasteiger charge is 2.30. The van der Waals surface area contributed by atoms with E-state index in [4.69, 9.17) is 32.3 Å². The fourth-order valence-electron chi connectivity index (χ4n) is 13.2. The van der Waals surface area contributed by atoms with E-state index in [1.165, 1.54) is 218 Å². The predicted octanol–water partition coefficient (Wildman–Crippen LogP) is 29.3. The van der Waals surface area contributed by atoms with Gasteiger partial charge in [0.15, 0.2) is 6.10 Å². The lowest BCUT2D eigenvalue weighted by molar-refractivity contribution is -0.161. The van der Waals surface area contributed by atoms with E-state index in [2.05, 4.69) is 154 Å². The zero-order valence-electron chi connectivity index (χ0n) is 74.6. The van der Waals surface area contributed by atoms with E-state index < -0.39 is 91.5 Å². The maximum atomic E-state index is 13.0. The number of allylic oxidation sites excluding steroid dienone is 22. The van der Waals surface area contributed by atoms with Crippen LogP contribution in [-0.4, -0.2) is 95.9 Å². The van der Waals surface area contributed by atoms with Gasteiger partial charge in [-0.05, 0) is 135 Å². The van der Waals surface area contributed by atoms with Crippen LogP contribution in [0, 0.1) is 0 Å². The zero-order chi connectivity index (χ0) is 85.1. The monoisotopic (exact) mass is 1680 g/mol. The average Bonchev–Trinajstić information content (AvgIpc) is 0.900. The molecule has 5 atom stereocenters. The number of carbonyl (C=O) groups is 3. The number of aliphatic hydroxyl groups excluding tert-OH is 2. The molecule has 16 nitrogen and oxygen atoms in total. The van der Waals surface area contributed by atoms with Gasteiger partial charge in [0.25, 0.3) is 0 Å². The number of aliphatic hydroxyl groups is 2. The summed E-state index contributed by atoms with van der Waals surface area (Å²) in [5.41, 5.74) is 0. The van der Waals surface area contributed by atoms with E-state index in [1.54, 1.807) is 0 Å². The van der Waals surface area contributed by atoms with E-state index in [-0.39, 0.29) is 19.3 Å². The average molecular weight is 1680 g/mol. The van der Waals surface area contributed by atoms with Crippen molar-refractivity contribution in [1.82, 2.24) is 0 Å². The van der Waals surface area contributed by atoms with Gasteiger partial charge in [0, 0.05) is 19.3 Å². The molecule has 0 aromatic heterocycles. The number of hydrogen-bond acceptors (Lipinski definition) is 14. The molecule has 0 radical (unpaired) electrons. The molecule has 0 bridgehead atoms. The minimum Gasteiger partial charge on any atom is -0.463 e. The molecule has 0 saturated heterocycles. The Balaban J connectivity index is 4.35. The van der Waals surface area contributed by atoms with E-state index in [1.807, 2.05) is 0 Å². The molecule has 0 rings (SSSR count). The molecule has 676 valence electrons. The molecular weight excluding hydrogens is 1510 g/mol. The second kappa shape index (κ2) is 90.9. The maximum Gasteiger partial charge on any atom is 0.472 e. The van der Waals surface area contributed by atoms with Gasteiger partial charge >= 0.3 is 33.6 Å². The van der Waals surface area contributed by atoms with Gasteiger partial charge in [0.2, 0.25) is 0 Å². The van der Waals surface area contributed by atoms with E-state index in [0.717, 1.165) is 141 Å². The van der Waals surface area contributed by atoms with Crippen molar-refractivity contribution in [3.05, 3.63) is 134 Å². The first-order chi connectivity index (χ1) is 57.2. The van der Waals surface area contributed by atoms with E-state index in [0.29, 0.717) is 19.3 Å². The summed E-state index contributed by atoms with van der Waals surface area (Å²) >= 11 is 0. The lowest BCUT2D eigenvalue weighted by Crippen LogP contribution is -2.30. The van der Waals surface area contributed by atoms with Gasteiger partial charge in [-0.15, -0.1) is 0 Å². The minimum absolute atomic E-state index is 0.0962. The van der Waals surface area contributed by atoms with Crippen molar-refractivity contribution < 1.29 is 75.8 Å². The van der Waals surface area contributed by atoms with Gasteiger partial charge < -0.3 is 34.2 Å². The molecule has 0 aromatic carbocycles. The molecule has 0 aliphatic carbocycles. The highest BCUT2D eigenvalue weighted by molar-refractivity contribution is 7.47. The molecule has 0 spiro atoms. The SMILES string of the molecule is CC/C=C\C/C=C\C/C=C\C/C=C\C/C=C\CCCCCCCCCCCCCCCCCCCCCC(=O)OCC(O)COP(=O)(O)OCC(O)COP(=O)(O)OCC(COC(=O)CCCCCCCCCCCCCCCCCCC/C=C\C/C=C\C/C=C\C/C=C\C/C=C\CC)OC(=O)CCCCCCC/C=C\CCCCCC. The summed E-state index contributed by atoms with van der Waals surface area (Å²) < 4.78 is 61.4. The first kappa shape index (κ1) is 113. The van der Waals surface area contributed by atoms with Crippen LogP contribution < -0.4 is 0 Å². The smallest absolute Gasteiger partial charge is 0.463 e. The third-order valence-corrected chi connectivity index (χ3v) is 22.2. The molecule has 0 saturated carbocycles. The predicted molar refractivity (Wildman–Crippen MR) is 491 cm³/mol. The van der Waals surface area contributed by atoms with Crippen LogP contribution in [0.5, 0.6) is 0 Å². The molecule has 0 amide bonds. The van der Waals surface area contributed by atoms with Crippen molar-refractivity contribution in [3.63, 3.8) is 0 Å². The molecule has 0 fully saturated rings. The van der Waals surface area contributed by atoms with Crippen LogP contribution in [0.2, 0.25) is 0 Å². The summed E-state index contributed by atoms with van der Waals surface area (Å²) in [6.45, 7) is 2.50. The summed E-state index contributed by atoms with van der Waals surface area (Å²) in [7, 11) is -9.79. The molecule has 117 heavy (non-hydrogen) atoms. The van der Waals surface area contributed by atoms with Gasteiger partial charge in [-0.25, -0.2) is 9.13 Å². The van der Waals surface area contributed by atoms with Crippen LogP contribution in [0.15, 0.2) is 134 Å². The van der Waals surface area contributed by atoms with Crippen molar-refractivity contribution in [2.45, 2.75) is 437 Å². The van der Waals surface area contributed by atoms with Gasteiger partial charge in [0.1, 0.15) is 25.4 Å². The van der Waals surface area contributed by atoms with Crippen molar-refractivity contribution >= 4 is 33.6 Å². The van der Waals surface area contributed by atoms with Crippen LogP contribution in [0.3, 0.4) is 0 Å². The number of hydrogen-bond donors (Lipinski definition) is 4. The number of esters is 3. The highest BCUT2D eigenvalue weighted by atomic mass is 31.2. The molecule has 0 heterocycles. The number of unbranched alkanes of at least 4 members (excludes halogenated alkanes) is 45. The summed E-state index contributed by atoms with van der Waals surface area (Å²) in [4.78, 5) is 58.9. The second-order valence-electron chi connectivity index (χ2n) is 31.8. The number of phosphoric ester groups is 2. The normalized spacial score (nSPS) is 14.4. The van der Waals surface area contributed by atoms with Crippen molar-refractivity contribution in [2.75, 3.05) is 39.6 Å². The molecule has 0 aliphatic heterocycles. The third-order valence-electron chi connectivity index (χ3n) is 20.3. The Morgan fingerprint density at radius 1 is 0.248 bits per heavy atom. The van der Waals surface area contributed by atoms with Crippen LogP contribution in [-0.2, 0) is 55.8 Å². The quantitative estimate of drug-likeness (QED) is 0.0146. The Morgan fingerprint density at radius 2 is 0.453 bits per heavy atom. The Bertz CT molecular complexity index is 2660. The van der Waals surface area contributed by atoms with E-state index in [9.17, 15) is 43.5 Å². The third kappa shape index (κ3) is 92.3. The molecule has 4 N–H and O–H groups in total. The second-order valence-corrected chi connectivity index (χ2v) is 34.7. The van der Waals surface area contributed by atoms with E-state index >= 15 is 0 Å². The topological polar surface area (TPSA) is 231 Å². The fraction of sp³-hybridized carbons (Fsp3) is 0.747. The molecule has 0 aromatic rings. The molecule has 0 aliphatic rings. The summed E-state index contributed by atoms with van der Waals surface area (Å²) in [5.74, 6) is -1.56.